The molecule has 0 spiro atoms. The summed E-state index contributed by atoms with van der Waals surface area (Å²) in [4.78, 5) is 0. The van der Waals surface area contributed by atoms with Crippen molar-refractivity contribution in [2.24, 2.45) is 0 Å². The number of hydrogen-bond donors (Lipinski definition) is 0. The predicted molar refractivity (Wildman–Crippen MR) is 49.9 cm³/mol. The first-order valence-electron chi connectivity index (χ1n) is 3.92. The maximum Gasteiger partial charge on any atom is 0.414 e. The number of halogens is 3. The van der Waals surface area contributed by atoms with Gasteiger partial charge in [-0.2, -0.15) is 13.2 Å². The van der Waals surface area contributed by atoms with Crippen molar-refractivity contribution >= 4 is 21.6 Å². The minimum atomic E-state index is -4.20. The van der Waals surface area contributed by atoms with Gasteiger partial charge in [0.1, 0.15) is 0 Å². The zero-order valence-electron chi connectivity index (χ0n) is 7.13. The number of ether oxygens (including phenoxy) is 1. The zero-order valence-corrected chi connectivity index (χ0v) is 8.77. The molecular weight excluding hydrogens is 221 g/mol. The molecule has 78 valence electrons. The second-order valence-electron chi connectivity index (χ2n) is 2.81. The Balaban J connectivity index is 2.42. The van der Waals surface area contributed by atoms with Crippen LogP contribution in [0, 0.1) is 0 Å². The number of hydrogen-bond acceptors (Lipinski definition) is 3. The first-order valence-corrected chi connectivity index (χ1v) is 6.54. The van der Waals surface area contributed by atoms with Crippen molar-refractivity contribution in [3.8, 4) is 0 Å². The van der Waals surface area contributed by atoms with Gasteiger partial charge < -0.3 is 4.74 Å². The van der Waals surface area contributed by atoms with E-state index in [2.05, 4.69) is 4.74 Å². The molecular formula is C7H11F3OS2. The minimum Gasteiger partial charge on any atom is -0.369 e. The fraction of sp³-hybridized carbons (Fsp3) is 1.00. The van der Waals surface area contributed by atoms with E-state index in [4.69, 9.17) is 0 Å². The lowest BCUT2D eigenvalue weighted by Crippen LogP contribution is -2.38. The topological polar surface area (TPSA) is 9.23 Å². The average Bonchev–Trinajstić information content (AvgIpc) is 2.04. The lowest BCUT2D eigenvalue weighted by atomic mass is 10.1. The monoisotopic (exact) mass is 232 g/mol. The minimum absolute atomic E-state index is 0.0791. The highest BCUT2D eigenvalue weighted by molar-refractivity contribution is 8.76. The molecule has 0 aromatic rings. The molecule has 0 aliphatic carbocycles. The van der Waals surface area contributed by atoms with Crippen LogP contribution in [0.25, 0.3) is 0 Å². The predicted octanol–water partition coefficient (Wildman–Crippen LogP) is 3.11. The lowest BCUT2D eigenvalue weighted by molar-refractivity contribution is -0.229. The van der Waals surface area contributed by atoms with Gasteiger partial charge >= 0.3 is 6.18 Å². The maximum absolute atomic E-state index is 12.2. The molecule has 0 saturated carbocycles. The van der Waals surface area contributed by atoms with E-state index >= 15 is 0 Å². The van der Waals surface area contributed by atoms with Gasteiger partial charge in [0.2, 0.25) is 0 Å². The van der Waals surface area contributed by atoms with Crippen molar-refractivity contribution in [2.45, 2.75) is 30.4 Å². The SMILES string of the molecule is CSSC1CCOC(C(F)(F)F)C1. The fourth-order valence-corrected chi connectivity index (χ4v) is 3.28. The Hall–Kier alpha value is 0.450. The third-order valence-electron chi connectivity index (χ3n) is 1.83. The van der Waals surface area contributed by atoms with Gasteiger partial charge in [-0.3, -0.25) is 0 Å². The van der Waals surface area contributed by atoms with Crippen molar-refractivity contribution < 1.29 is 17.9 Å². The number of rotatable bonds is 2. The molecule has 0 amide bonds. The summed E-state index contributed by atoms with van der Waals surface area (Å²) in [6.45, 7) is 0.225. The summed E-state index contributed by atoms with van der Waals surface area (Å²) in [7, 11) is 3.02. The fourth-order valence-electron chi connectivity index (χ4n) is 1.22. The normalized spacial score (nSPS) is 30.5. The summed E-state index contributed by atoms with van der Waals surface area (Å²) in [6.07, 6.45) is -3.06. The second kappa shape index (κ2) is 4.79. The van der Waals surface area contributed by atoms with E-state index in [-0.39, 0.29) is 18.3 Å². The van der Waals surface area contributed by atoms with E-state index < -0.39 is 12.3 Å². The molecule has 1 aliphatic rings. The van der Waals surface area contributed by atoms with Crippen LogP contribution in [0.1, 0.15) is 12.8 Å². The van der Waals surface area contributed by atoms with Crippen molar-refractivity contribution in [1.82, 2.24) is 0 Å². The van der Waals surface area contributed by atoms with Crippen molar-refractivity contribution in [1.29, 1.82) is 0 Å². The molecule has 0 aromatic heterocycles. The Morgan fingerprint density at radius 3 is 2.62 bits per heavy atom. The van der Waals surface area contributed by atoms with Gasteiger partial charge in [0.25, 0.3) is 0 Å². The molecule has 6 heteroatoms. The van der Waals surface area contributed by atoms with Crippen LogP contribution in [0.4, 0.5) is 13.2 Å². The first-order chi connectivity index (χ1) is 6.04. The summed E-state index contributed by atoms with van der Waals surface area (Å²) < 4.78 is 41.3. The van der Waals surface area contributed by atoms with Crippen molar-refractivity contribution in [3.05, 3.63) is 0 Å². The average molecular weight is 232 g/mol. The molecule has 0 aromatic carbocycles. The molecule has 1 aliphatic heterocycles. The van der Waals surface area contributed by atoms with Crippen LogP contribution in [-0.2, 0) is 4.74 Å². The maximum atomic E-state index is 12.2. The first kappa shape index (κ1) is 11.5. The zero-order chi connectivity index (χ0) is 9.90. The Kier molecular flexibility index (Phi) is 4.25. The number of alkyl halides is 3. The Morgan fingerprint density at radius 1 is 1.38 bits per heavy atom. The van der Waals surface area contributed by atoms with Crippen LogP contribution in [0.5, 0.6) is 0 Å². The molecule has 13 heavy (non-hydrogen) atoms. The van der Waals surface area contributed by atoms with Crippen LogP contribution in [0.2, 0.25) is 0 Å². The summed E-state index contributed by atoms with van der Waals surface area (Å²) in [5.74, 6) is 0. The summed E-state index contributed by atoms with van der Waals surface area (Å²) in [5.41, 5.74) is 0. The van der Waals surface area contributed by atoms with E-state index in [1.54, 1.807) is 0 Å². The molecule has 0 bridgehead atoms. The van der Waals surface area contributed by atoms with Crippen molar-refractivity contribution in [2.75, 3.05) is 12.9 Å². The van der Waals surface area contributed by atoms with Gasteiger partial charge in [-0.05, 0) is 19.1 Å². The van der Waals surface area contributed by atoms with Gasteiger partial charge in [-0.25, -0.2) is 0 Å². The van der Waals surface area contributed by atoms with Crippen LogP contribution in [0.3, 0.4) is 0 Å². The summed E-state index contributed by atoms with van der Waals surface area (Å²) in [6, 6.07) is 0. The molecule has 2 unspecified atom stereocenters. The van der Waals surface area contributed by atoms with E-state index in [0.717, 1.165) is 6.42 Å². The Labute approximate surface area is 83.2 Å². The van der Waals surface area contributed by atoms with Gasteiger partial charge in [-0.1, -0.05) is 21.6 Å². The van der Waals surface area contributed by atoms with Gasteiger partial charge in [-0.15, -0.1) is 0 Å². The highest BCUT2D eigenvalue weighted by atomic mass is 33.1. The largest absolute Gasteiger partial charge is 0.414 e. The molecule has 1 rings (SSSR count). The quantitative estimate of drug-likeness (QED) is 0.677. The van der Waals surface area contributed by atoms with Crippen LogP contribution in [0.15, 0.2) is 0 Å². The summed E-state index contributed by atoms with van der Waals surface area (Å²) >= 11 is 0. The lowest BCUT2D eigenvalue weighted by Gasteiger charge is -2.29. The smallest absolute Gasteiger partial charge is 0.369 e. The third kappa shape index (κ3) is 3.59. The Morgan fingerprint density at radius 2 is 2.08 bits per heavy atom. The second-order valence-corrected chi connectivity index (χ2v) is 5.58. The van der Waals surface area contributed by atoms with Gasteiger partial charge in [0.05, 0.1) is 0 Å². The van der Waals surface area contributed by atoms with Crippen molar-refractivity contribution in [3.63, 3.8) is 0 Å². The molecule has 1 nitrogen and oxygen atoms in total. The standard InChI is InChI=1S/C7H11F3OS2/c1-12-13-5-2-3-11-6(4-5)7(8,9)10/h5-6H,2-4H2,1H3. The molecule has 1 heterocycles. The molecule has 1 fully saturated rings. The van der Waals surface area contributed by atoms with E-state index in [1.165, 1.54) is 21.6 Å². The summed E-state index contributed by atoms with van der Waals surface area (Å²) in [5, 5.41) is 0.0791. The van der Waals surface area contributed by atoms with E-state index in [1.807, 2.05) is 6.26 Å². The van der Waals surface area contributed by atoms with Crippen LogP contribution in [-0.4, -0.2) is 30.4 Å². The molecule has 1 saturated heterocycles. The molecule has 0 radical (unpaired) electrons. The van der Waals surface area contributed by atoms with E-state index in [9.17, 15) is 13.2 Å². The third-order valence-corrected chi connectivity index (χ3v) is 4.12. The molecule has 2 atom stereocenters. The highest BCUT2D eigenvalue weighted by Crippen LogP contribution is 2.37. The van der Waals surface area contributed by atoms with Gasteiger partial charge in [0.15, 0.2) is 6.10 Å². The van der Waals surface area contributed by atoms with Crippen LogP contribution < -0.4 is 0 Å². The van der Waals surface area contributed by atoms with E-state index in [0.29, 0.717) is 0 Å². The molecule has 0 N–H and O–H groups in total. The Bertz CT molecular complexity index is 160. The van der Waals surface area contributed by atoms with Gasteiger partial charge in [0, 0.05) is 11.9 Å². The van der Waals surface area contributed by atoms with Crippen LogP contribution >= 0.6 is 21.6 Å². The highest BCUT2D eigenvalue weighted by Gasteiger charge is 2.43.